The van der Waals surface area contributed by atoms with Crippen LogP contribution in [0.2, 0.25) is 0 Å². The summed E-state index contributed by atoms with van der Waals surface area (Å²) in [7, 11) is 0. The van der Waals surface area contributed by atoms with Crippen molar-refractivity contribution < 1.29 is 0 Å². The number of nitrogens with zero attached hydrogens (tertiary/aromatic N) is 4. The van der Waals surface area contributed by atoms with E-state index < -0.39 is 0 Å². The molecule has 0 aliphatic carbocycles. The van der Waals surface area contributed by atoms with Gasteiger partial charge in [-0.15, -0.1) is 0 Å². The average molecular weight is 635 g/mol. The average Bonchev–Trinajstić information content (AvgIpc) is 3.20. The van der Waals surface area contributed by atoms with Gasteiger partial charge in [-0.2, -0.15) is 0 Å². The zero-order valence-electron chi connectivity index (χ0n) is 26.8. The molecule has 0 aliphatic rings. The predicted molar refractivity (Wildman–Crippen MR) is 207 cm³/mol. The Morgan fingerprint density at radius 3 is 1.80 bits per heavy atom. The second-order valence-electron chi connectivity index (χ2n) is 12.7. The minimum Gasteiger partial charge on any atom is -0.254 e. The van der Waals surface area contributed by atoms with E-state index in [-0.39, 0.29) is 0 Å². The Kier molecular flexibility index (Phi) is 6.21. The highest BCUT2D eigenvalue weighted by molar-refractivity contribution is 6.33. The Bertz CT molecular complexity index is 3030. The molecule has 50 heavy (non-hydrogen) atoms. The van der Waals surface area contributed by atoms with E-state index in [1.807, 2.05) is 36.5 Å². The van der Waals surface area contributed by atoms with Crippen molar-refractivity contribution in [2.75, 3.05) is 0 Å². The molecule has 4 heteroatoms. The van der Waals surface area contributed by atoms with Crippen LogP contribution in [0.3, 0.4) is 0 Å². The first-order valence-corrected chi connectivity index (χ1v) is 16.6. The lowest BCUT2D eigenvalue weighted by molar-refractivity contribution is 1.37. The number of benzene rings is 7. The Balaban J connectivity index is 1.15. The van der Waals surface area contributed by atoms with Crippen LogP contribution in [0.5, 0.6) is 0 Å². The molecule has 4 nitrogen and oxygen atoms in total. The van der Waals surface area contributed by atoms with Gasteiger partial charge in [-0.25, -0.2) is 14.8 Å². The van der Waals surface area contributed by atoms with E-state index in [0.717, 1.165) is 71.7 Å². The Hall–Kier alpha value is -6.96. The Morgan fingerprint density at radius 1 is 0.440 bits per heavy atom. The number of hydrogen-bond acceptors (Lipinski definition) is 3. The van der Waals surface area contributed by atoms with Crippen molar-refractivity contribution in [2.45, 2.75) is 0 Å². The molecule has 0 N–H and O–H groups in total. The van der Waals surface area contributed by atoms with E-state index in [9.17, 15) is 0 Å². The number of rotatable bonds is 3. The van der Waals surface area contributed by atoms with Crippen LogP contribution < -0.4 is 0 Å². The molecule has 3 heterocycles. The molecule has 7 aromatic carbocycles. The van der Waals surface area contributed by atoms with Crippen molar-refractivity contribution >= 4 is 70.7 Å². The van der Waals surface area contributed by atoms with Crippen molar-refractivity contribution in [1.82, 2.24) is 15.0 Å². The Morgan fingerprint density at radius 2 is 1.06 bits per heavy atom. The first kappa shape index (κ1) is 28.1. The molecule has 3 aromatic heterocycles. The third-order valence-electron chi connectivity index (χ3n) is 9.89. The largest absolute Gasteiger partial charge is 0.254 e. The summed E-state index contributed by atoms with van der Waals surface area (Å²) in [5, 5.41) is 10.4. The fourth-order valence-corrected chi connectivity index (χ4v) is 7.48. The number of aromatic nitrogens is 3. The van der Waals surface area contributed by atoms with Crippen LogP contribution in [0.15, 0.2) is 158 Å². The third kappa shape index (κ3) is 4.35. The lowest BCUT2D eigenvalue weighted by Crippen LogP contribution is -1.93. The predicted octanol–water partition coefficient (Wildman–Crippen LogP) is 12.3. The van der Waals surface area contributed by atoms with Crippen LogP contribution in [0, 0.1) is 6.57 Å². The van der Waals surface area contributed by atoms with E-state index in [2.05, 4.69) is 131 Å². The van der Waals surface area contributed by atoms with E-state index in [1.165, 1.54) is 26.9 Å². The molecule has 0 bridgehead atoms. The highest BCUT2D eigenvalue weighted by Crippen LogP contribution is 2.43. The van der Waals surface area contributed by atoms with Gasteiger partial charge < -0.3 is 0 Å². The normalized spacial score (nSPS) is 11.6. The lowest BCUT2D eigenvalue weighted by Gasteiger charge is -2.17. The van der Waals surface area contributed by atoms with Gasteiger partial charge in [-0.05, 0) is 56.4 Å². The van der Waals surface area contributed by atoms with Crippen molar-refractivity contribution in [3.05, 3.63) is 169 Å². The smallest absolute Gasteiger partial charge is 0.187 e. The van der Waals surface area contributed by atoms with Gasteiger partial charge >= 0.3 is 0 Å². The topological polar surface area (TPSA) is 43.0 Å². The number of fused-ring (bicyclic) bond motifs is 11. The summed E-state index contributed by atoms with van der Waals surface area (Å²) in [6, 6.07) is 52.8. The zero-order chi connectivity index (χ0) is 33.2. The van der Waals surface area contributed by atoms with E-state index in [0.29, 0.717) is 5.69 Å². The number of pyridine rings is 3. The molecule has 0 atom stereocenters. The second-order valence-corrected chi connectivity index (χ2v) is 12.7. The standard InChI is InChI=1S/C46H26N4/c1-47-34-22-18-31(19-23-34)44-43-38-11-5-3-9-36(38)35-8-2-4-10-37(35)42(43)39-24-20-33(27-41(39)50-44)28-12-14-29(15-13-28)40-25-21-32-17-16-30-7-6-26-48-45(30)46(32)49-40/h2-27H. The maximum Gasteiger partial charge on any atom is 0.187 e. The second kappa shape index (κ2) is 11.1. The molecular formula is C46H26N4. The molecule has 0 saturated carbocycles. The summed E-state index contributed by atoms with van der Waals surface area (Å²) in [4.78, 5) is 18.7. The fourth-order valence-electron chi connectivity index (χ4n) is 7.48. The summed E-state index contributed by atoms with van der Waals surface area (Å²) in [6.45, 7) is 7.49. The lowest BCUT2D eigenvalue weighted by atomic mass is 9.89. The SMILES string of the molecule is [C-]#[N+]c1ccc(-c2nc3cc(-c4ccc(-c5ccc6ccc7cccnc7c6n5)cc4)ccc3c3c4ccccc4c4ccccc4c23)cc1. The zero-order valence-corrected chi connectivity index (χ0v) is 26.8. The van der Waals surface area contributed by atoms with Gasteiger partial charge in [-0.3, -0.25) is 4.98 Å². The highest BCUT2D eigenvalue weighted by atomic mass is 14.8. The monoisotopic (exact) mass is 634 g/mol. The number of hydrogen-bond donors (Lipinski definition) is 0. The van der Waals surface area contributed by atoms with Crippen LogP contribution in [0.4, 0.5) is 5.69 Å². The van der Waals surface area contributed by atoms with Crippen LogP contribution in [0.25, 0.3) is 104 Å². The summed E-state index contributed by atoms with van der Waals surface area (Å²) in [6.07, 6.45) is 1.82. The molecule has 10 aromatic rings. The molecule has 0 aliphatic heterocycles. The molecule has 230 valence electrons. The van der Waals surface area contributed by atoms with E-state index in [4.69, 9.17) is 16.5 Å². The summed E-state index contributed by atoms with van der Waals surface area (Å²) in [5.74, 6) is 0. The molecule has 0 amide bonds. The van der Waals surface area contributed by atoms with E-state index >= 15 is 0 Å². The fraction of sp³-hybridized carbons (Fsp3) is 0. The van der Waals surface area contributed by atoms with Gasteiger partial charge in [0.1, 0.15) is 0 Å². The van der Waals surface area contributed by atoms with Gasteiger partial charge in [0.05, 0.1) is 34.5 Å². The van der Waals surface area contributed by atoms with Crippen LogP contribution in [0.1, 0.15) is 0 Å². The molecule has 10 rings (SSSR count). The minimum atomic E-state index is 0.615. The van der Waals surface area contributed by atoms with Crippen molar-refractivity contribution in [2.24, 2.45) is 0 Å². The maximum absolute atomic E-state index is 7.49. The van der Waals surface area contributed by atoms with Gasteiger partial charge in [0.25, 0.3) is 0 Å². The molecule has 0 radical (unpaired) electrons. The summed E-state index contributed by atoms with van der Waals surface area (Å²) < 4.78 is 0. The minimum absolute atomic E-state index is 0.615. The molecule has 0 saturated heterocycles. The molecule has 0 spiro atoms. The summed E-state index contributed by atoms with van der Waals surface area (Å²) >= 11 is 0. The maximum atomic E-state index is 7.49. The first-order valence-electron chi connectivity index (χ1n) is 16.6. The Labute approximate surface area is 287 Å². The van der Waals surface area contributed by atoms with Gasteiger partial charge in [0, 0.05) is 38.7 Å². The van der Waals surface area contributed by atoms with Crippen LogP contribution in [-0.4, -0.2) is 15.0 Å². The van der Waals surface area contributed by atoms with Gasteiger partial charge in [0.15, 0.2) is 5.69 Å². The molecular weight excluding hydrogens is 609 g/mol. The van der Waals surface area contributed by atoms with Gasteiger partial charge in [0.2, 0.25) is 0 Å². The first-order chi connectivity index (χ1) is 24.7. The van der Waals surface area contributed by atoms with Crippen LogP contribution >= 0.6 is 0 Å². The molecule has 0 unspecified atom stereocenters. The van der Waals surface area contributed by atoms with Crippen molar-refractivity contribution in [1.29, 1.82) is 0 Å². The molecule has 0 fully saturated rings. The quantitative estimate of drug-likeness (QED) is 0.143. The third-order valence-corrected chi connectivity index (χ3v) is 9.89. The van der Waals surface area contributed by atoms with Crippen molar-refractivity contribution in [3.63, 3.8) is 0 Å². The van der Waals surface area contributed by atoms with Crippen LogP contribution in [-0.2, 0) is 0 Å². The van der Waals surface area contributed by atoms with Crippen molar-refractivity contribution in [3.8, 4) is 33.6 Å². The van der Waals surface area contributed by atoms with Gasteiger partial charge in [-0.1, -0.05) is 133 Å². The summed E-state index contributed by atoms with van der Waals surface area (Å²) in [5.41, 5.74) is 9.46. The van der Waals surface area contributed by atoms with E-state index in [1.54, 1.807) is 0 Å². The highest BCUT2D eigenvalue weighted by Gasteiger charge is 2.18.